The number of hydrogen-bond acceptors (Lipinski definition) is 2. The van der Waals surface area contributed by atoms with E-state index in [1.54, 1.807) is 0 Å². The minimum absolute atomic E-state index is 0.731. The van der Waals surface area contributed by atoms with Crippen LogP contribution in [0.15, 0.2) is 15.9 Å². The van der Waals surface area contributed by atoms with Crippen molar-refractivity contribution in [2.45, 2.75) is 34.1 Å². The zero-order chi connectivity index (χ0) is 12.8. The van der Waals surface area contributed by atoms with Crippen molar-refractivity contribution >= 4 is 27.3 Å². The fourth-order valence-corrected chi connectivity index (χ4v) is 3.41. The highest BCUT2D eigenvalue weighted by Crippen LogP contribution is 2.26. The van der Waals surface area contributed by atoms with Crippen molar-refractivity contribution in [1.82, 2.24) is 5.32 Å². The van der Waals surface area contributed by atoms with Crippen molar-refractivity contribution in [1.29, 1.82) is 0 Å². The predicted octanol–water partition coefficient (Wildman–Crippen LogP) is 4.57. The maximum atomic E-state index is 3.55. The average molecular weight is 318 g/mol. The summed E-state index contributed by atoms with van der Waals surface area (Å²) in [5.74, 6) is 2.21. The molecule has 0 bridgehead atoms. The summed E-state index contributed by atoms with van der Waals surface area (Å²) in [6.45, 7) is 11.5. The molecule has 1 aromatic rings. The number of rotatable bonds is 7. The molecule has 1 aromatic heterocycles. The molecule has 0 aliphatic carbocycles. The highest BCUT2D eigenvalue weighted by atomic mass is 79.9. The van der Waals surface area contributed by atoms with Crippen molar-refractivity contribution in [2.24, 2.45) is 17.8 Å². The number of hydrogen-bond donors (Lipinski definition) is 1. The lowest BCUT2D eigenvalue weighted by molar-refractivity contribution is 0.359. The molecule has 0 aromatic carbocycles. The number of thiophene rings is 1. The molecule has 0 aliphatic heterocycles. The molecule has 1 nitrogen and oxygen atoms in total. The quantitative estimate of drug-likeness (QED) is 0.776. The SMILES string of the molecule is CC(C)CNCC(C)C(C)Cc1ccc(Br)s1. The summed E-state index contributed by atoms with van der Waals surface area (Å²) < 4.78 is 1.24. The molecule has 0 spiro atoms. The zero-order valence-corrected chi connectivity index (χ0v) is 13.7. The summed E-state index contributed by atoms with van der Waals surface area (Å²) in [5.41, 5.74) is 0. The van der Waals surface area contributed by atoms with Gasteiger partial charge in [0.05, 0.1) is 3.79 Å². The van der Waals surface area contributed by atoms with Gasteiger partial charge in [0, 0.05) is 4.88 Å². The van der Waals surface area contributed by atoms with Crippen molar-refractivity contribution in [2.75, 3.05) is 13.1 Å². The predicted molar refractivity (Wildman–Crippen MR) is 81.8 cm³/mol. The van der Waals surface area contributed by atoms with E-state index in [2.05, 4.69) is 61.1 Å². The van der Waals surface area contributed by atoms with Gasteiger partial charge in [-0.3, -0.25) is 0 Å². The van der Waals surface area contributed by atoms with Gasteiger partial charge in [-0.1, -0.05) is 27.7 Å². The van der Waals surface area contributed by atoms with E-state index in [1.165, 1.54) is 15.1 Å². The van der Waals surface area contributed by atoms with E-state index in [4.69, 9.17) is 0 Å². The molecule has 0 fully saturated rings. The maximum Gasteiger partial charge on any atom is 0.0701 e. The second-order valence-electron chi connectivity index (χ2n) is 5.42. The third-order valence-electron chi connectivity index (χ3n) is 3.14. The molecule has 1 N–H and O–H groups in total. The van der Waals surface area contributed by atoms with Gasteiger partial charge in [-0.15, -0.1) is 11.3 Å². The minimum Gasteiger partial charge on any atom is -0.316 e. The minimum atomic E-state index is 0.731. The van der Waals surface area contributed by atoms with Crippen molar-refractivity contribution in [3.8, 4) is 0 Å². The lowest BCUT2D eigenvalue weighted by Gasteiger charge is -2.20. The van der Waals surface area contributed by atoms with E-state index >= 15 is 0 Å². The van der Waals surface area contributed by atoms with Crippen LogP contribution < -0.4 is 5.32 Å². The van der Waals surface area contributed by atoms with Gasteiger partial charge < -0.3 is 5.32 Å². The Labute approximate surface area is 118 Å². The average Bonchev–Trinajstić information content (AvgIpc) is 2.63. The van der Waals surface area contributed by atoms with Crippen molar-refractivity contribution < 1.29 is 0 Å². The Balaban J connectivity index is 2.29. The maximum absolute atomic E-state index is 3.55. The van der Waals surface area contributed by atoms with Crippen LogP contribution in [0.5, 0.6) is 0 Å². The smallest absolute Gasteiger partial charge is 0.0701 e. The second kappa shape index (κ2) is 7.55. The molecule has 0 radical (unpaired) electrons. The first kappa shape index (κ1) is 15.2. The molecule has 0 amide bonds. The Morgan fingerprint density at radius 2 is 1.82 bits per heavy atom. The van der Waals surface area contributed by atoms with E-state index in [1.807, 2.05) is 11.3 Å². The third kappa shape index (κ3) is 6.03. The molecule has 1 heterocycles. The topological polar surface area (TPSA) is 12.0 Å². The van der Waals surface area contributed by atoms with Crippen LogP contribution in [-0.4, -0.2) is 13.1 Å². The standard InChI is InChI=1S/C14H24BrNS/c1-10(2)8-16-9-12(4)11(3)7-13-5-6-14(15)17-13/h5-6,10-12,16H,7-9H2,1-4H3. The molecule has 17 heavy (non-hydrogen) atoms. The Morgan fingerprint density at radius 3 is 2.35 bits per heavy atom. The summed E-state index contributed by atoms with van der Waals surface area (Å²) in [4.78, 5) is 1.49. The van der Waals surface area contributed by atoms with Gasteiger partial charge in [0.25, 0.3) is 0 Å². The van der Waals surface area contributed by atoms with E-state index < -0.39 is 0 Å². The Hall–Kier alpha value is 0.140. The van der Waals surface area contributed by atoms with E-state index in [0.717, 1.165) is 30.8 Å². The Bertz CT molecular complexity index is 322. The van der Waals surface area contributed by atoms with Crippen LogP contribution in [0, 0.1) is 17.8 Å². The summed E-state index contributed by atoms with van der Waals surface area (Å²) in [5, 5.41) is 3.55. The van der Waals surface area contributed by atoms with Crippen LogP contribution in [0.4, 0.5) is 0 Å². The van der Waals surface area contributed by atoms with Crippen LogP contribution in [-0.2, 0) is 6.42 Å². The molecule has 0 saturated heterocycles. The number of halogens is 1. The molecular formula is C14H24BrNS. The first-order chi connectivity index (χ1) is 7.99. The van der Waals surface area contributed by atoms with Crippen molar-refractivity contribution in [3.63, 3.8) is 0 Å². The first-order valence-corrected chi connectivity index (χ1v) is 8.05. The molecule has 3 heteroatoms. The van der Waals surface area contributed by atoms with Gasteiger partial charge >= 0.3 is 0 Å². The van der Waals surface area contributed by atoms with Gasteiger partial charge in [-0.25, -0.2) is 0 Å². The van der Waals surface area contributed by atoms with E-state index in [-0.39, 0.29) is 0 Å². The van der Waals surface area contributed by atoms with E-state index in [0.29, 0.717) is 0 Å². The fourth-order valence-electron chi connectivity index (χ4n) is 1.78. The molecule has 2 atom stereocenters. The molecule has 0 saturated carbocycles. The second-order valence-corrected chi connectivity index (χ2v) is 7.96. The summed E-state index contributed by atoms with van der Waals surface area (Å²) in [7, 11) is 0. The van der Waals surface area contributed by atoms with Crippen LogP contribution >= 0.6 is 27.3 Å². The molecule has 0 aliphatic rings. The summed E-state index contributed by atoms with van der Waals surface area (Å²) in [6, 6.07) is 4.38. The van der Waals surface area contributed by atoms with Crippen LogP contribution in [0.3, 0.4) is 0 Å². The van der Waals surface area contributed by atoms with Gasteiger partial charge in [0.15, 0.2) is 0 Å². The normalized spacial score (nSPS) is 15.2. The number of nitrogens with one attached hydrogen (secondary N) is 1. The van der Waals surface area contributed by atoms with Gasteiger partial charge in [0.2, 0.25) is 0 Å². The molecule has 2 unspecified atom stereocenters. The van der Waals surface area contributed by atoms with Gasteiger partial charge in [-0.05, 0) is 65.3 Å². The molecule has 98 valence electrons. The molecule has 1 rings (SSSR count). The third-order valence-corrected chi connectivity index (χ3v) is 4.79. The lowest BCUT2D eigenvalue weighted by atomic mass is 9.92. The summed E-state index contributed by atoms with van der Waals surface area (Å²) in [6.07, 6.45) is 1.20. The van der Waals surface area contributed by atoms with Gasteiger partial charge in [-0.2, -0.15) is 0 Å². The van der Waals surface area contributed by atoms with Crippen LogP contribution in [0.1, 0.15) is 32.6 Å². The molecular weight excluding hydrogens is 294 g/mol. The van der Waals surface area contributed by atoms with E-state index in [9.17, 15) is 0 Å². The summed E-state index contributed by atoms with van der Waals surface area (Å²) >= 11 is 5.38. The van der Waals surface area contributed by atoms with Crippen LogP contribution in [0.2, 0.25) is 0 Å². The zero-order valence-electron chi connectivity index (χ0n) is 11.3. The largest absolute Gasteiger partial charge is 0.316 e. The lowest BCUT2D eigenvalue weighted by Crippen LogP contribution is -2.28. The monoisotopic (exact) mass is 317 g/mol. The van der Waals surface area contributed by atoms with Crippen molar-refractivity contribution in [3.05, 3.63) is 20.8 Å². The van der Waals surface area contributed by atoms with Crippen LogP contribution in [0.25, 0.3) is 0 Å². The Morgan fingerprint density at radius 1 is 1.12 bits per heavy atom. The first-order valence-electron chi connectivity index (χ1n) is 6.44. The fraction of sp³-hybridized carbons (Fsp3) is 0.714. The van der Waals surface area contributed by atoms with Gasteiger partial charge in [0.1, 0.15) is 0 Å². The Kier molecular flexibility index (Phi) is 6.75. The highest BCUT2D eigenvalue weighted by Gasteiger charge is 2.13. The highest BCUT2D eigenvalue weighted by molar-refractivity contribution is 9.11.